The topological polar surface area (TPSA) is 26.3 Å². The third-order valence-corrected chi connectivity index (χ3v) is 1.49. The van der Waals surface area contributed by atoms with Crippen molar-refractivity contribution in [1.82, 2.24) is 0 Å². The zero-order valence-electron chi connectivity index (χ0n) is 6.11. The molecule has 0 spiro atoms. The number of carbonyl (C=O) groups excluding carboxylic acids is 1. The average molecular weight is 168 g/mol. The molecule has 2 nitrogen and oxygen atoms in total. The summed E-state index contributed by atoms with van der Waals surface area (Å²) in [5.41, 5.74) is 0.585. The summed E-state index contributed by atoms with van der Waals surface area (Å²) in [5.74, 6) is -0.293. The Morgan fingerprint density at radius 3 is 2.55 bits per heavy atom. The van der Waals surface area contributed by atoms with Crippen LogP contribution in [0, 0.1) is 0 Å². The zero-order valence-corrected chi connectivity index (χ0v) is 6.93. The van der Waals surface area contributed by atoms with Crippen LogP contribution < -0.4 is 0 Å². The summed E-state index contributed by atoms with van der Waals surface area (Å²) in [4.78, 5) is 11.0. The van der Waals surface area contributed by atoms with Crippen molar-refractivity contribution in [2.45, 2.75) is 0 Å². The molecule has 58 valence electrons. The summed E-state index contributed by atoms with van der Waals surface area (Å²) in [5, 5.41) is 0. The van der Waals surface area contributed by atoms with Gasteiger partial charge in [0.1, 0.15) is 0 Å². The molecule has 11 heavy (non-hydrogen) atoms. The highest BCUT2D eigenvalue weighted by atomic mass is 32.2. The Morgan fingerprint density at radius 1 is 1.36 bits per heavy atom. The van der Waals surface area contributed by atoms with Crippen molar-refractivity contribution in [1.29, 1.82) is 0 Å². The Kier molecular flexibility index (Phi) is 2.98. The smallest absolute Gasteiger partial charge is 0.350 e. The second-order valence-corrected chi connectivity index (χ2v) is 2.40. The predicted octanol–water partition coefficient (Wildman–Crippen LogP) is 2.12. The molecule has 0 atom stereocenters. The maximum Gasteiger partial charge on any atom is 0.350 e. The molecule has 0 saturated carbocycles. The summed E-state index contributed by atoms with van der Waals surface area (Å²) in [6.45, 7) is 0. The number of hydrogen-bond donors (Lipinski definition) is 0. The molecule has 0 fully saturated rings. The van der Waals surface area contributed by atoms with Gasteiger partial charge in [-0.15, -0.1) is 0 Å². The van der Waals surface area contributed by atoms with Crippen LogP contribution >= 0.6 is 12.0 Å². The first kappa shape index (κ1) is 8.14. The fourth-order valence-electron chi connectivity index (χ4n) is 0.698. The Hall–Kier alpha value is -0.960. The molecule has 0 heterocycles. The van der Waals surface area contributed by atoms with Gasteiger partial charge in [0.2, 0.25) is 0 Å². The molecule has 0 aliphatic carbocycles. The van der Waals surface area contributed by atoms with Crippen LogP contribution in [0.25, 0.3) is 0 Å². The van der Waals surface area contributed by atoms with E-state index < -0.39 is 0 Å². The molecule has 0 aromatic heterocycles. The first-order valence-electron chi connectivity index (χ1n) is 3.14. The van der Waals surface area contributed by atoms with E-state index >= 15 is 0 Å². The minimum Gasteiger partial charge on any atom is -0.388 e. The molecule has 0 unspecified atom stereocenters. The van der Waals surface area contributed by atoms with Gasteiger partial charge in [-0.25, -0.2) is 4.79 Å². The van der Waals surface area contributed by atoms with Crippen molar-refractivity contribution < 1.29 is 8.98 Å². The molecule has 0 saturated heterocycles. The highest BCUT2D eigenvalue weighted by molar-refractivity contribution is 7.94. The third kappa shape index (κ3) is 2.27. The van der Waals surface area contributed by atoms with Crippen LogP contribution in [-0.2, 0) is 4.18 Å². The molecule has 3 heteroatoms. The van der Waals surface area contributed by atoms with Gasteiger partial charge in [0, 0.05) is 6.26 Å². The van der Waals surface area contributed by atoms with Crippen molar-refractivity contribution in [3.8, 4) is 0 Å². The third-order valence-electron chi connectivity index (χ3n) is 1.17. The van der Waals surface area contributed by atoms with Crippen LogP contribution in [-0.4, -0.2) is 12.2 Å². The largest absolute Gasteiger partial charge is 0.388 e. The van der Waals surface area contributed by atoms with Crippen LogP contribution in [0.2, 0.25) is 0 Å². The Balaban J connectivity index is 2.69. The molecule has 0 N–H and O–H groups in total. The van der Waals surface area contributed by atoms with Gasteiger partial charge in [0.25, 0.3) is 0 Å². The maximum absolute atomic E-state index is 11.0. The number of benzene rings is 1. The van der Waals surface area contributed by atoms with E-state index in [1.54, 1.807) is 30.5 Å². The standard InChI is InChI=1S/C8H8O2S/c1-11-10-8(9)7-5-3-2-4-6-7/h2-6H,1H3. The van der Waals surface area contributed by atoms with Gasteiger partial charge in [-0.3, -0.25) is 0 Å². The lowest BCUT2D eigenvalue weighted by molar-refractivity contribution is 0.0769. The average Bonchev–Trinajstić information content (AvgIpc) is 2.07. The van der Waals surface area contributed by atoms with E-state index in [0.29, 0.717) is 5.56 Å². The number of carbonyl (C=O) groups is 1. The van der Waals surface area contributed by atoms with Gasteiger partial charge < -0.3 is 4.18 Å². The molecule has 1 aromatic rings. The second-order valence-electron chi connectivity index (χ2n) is 1.90. The second kappa shape index (κ2) is 4.03. The van der Waals surface area contributed by atoms with Crippen molar-refractivity contribution in [3.63, 3.8) is 0 Å². The molecule has 0 aliphatic heterocycles. The lowest BCUT2D eigenvalue weighted by atomic mass is 10.2. The quantitative estimate of drug-likeness (QED) is 0.633. The molecule has 0 radical (unpaired) electrons. The fraction of sp³-hybridized carbons (Fsp3) is 0.125. The Labute approximate surface area is 69.8 Å². The van der Waals surface area contributed by atoms with Crippen LogP contribution in [0.3, 0.4) is 0 Å². The van der Waals surface area contributed by atoms with Gasteiger partial charge in [0.05, 0.1) is 17.6 Å². The van der Waals surface area contributed by atoms with Crippen LogP contribution in [0.15, 0.2) is 30.3 Å². The minimum absolute atomic E-state index is 0.293. The Morgan fingerprint density at radius 2 is 2.00 bits per heavy atom. The van der Waals surface area contributed by atoms with Gasteiger partial charge in [-0.05, 0) is 12.1 Å². The molecule has 1 aromatic carbocycles. The van der Waals surface area contributed by atoms with Crippen molar-refractivity contribution >= 4 is 18.0 Å². The monoisotopic (exact) mass is 168 g/mol. The summed E-state index contributed by atoms with van der Waals surface area (Å²) < 4.78 is 4.71. The van der Waals surface area contributed by atoms with Gasteiger partial charge >= 0.3 is 5.97 Å². The van der Waals surface area contributed by atoms with Crippen LogP contribution in [0.1, 0.15) is 10.4 Å². The molecule has 0 aliphatic rings. The normalized spacial score (nSPS) is 9.18. The lowest BCUT2D eigenvalue weighted by Gasteiger charge is -1.97. The molecular formula is C8H8O2S. The fourth-order valence-corrected chi connectivity index (χ4v) is 0.946. The lowest BCUT2D eigenvalue weighted by Crippen LogP contribution is -1.97. The highest BCUT2D eigenvalue weighted by Crippen LogP contribution is 2.05. The zero-order chi connectivity index (χ0) is 8.10. The van der Waals surface area contributed by atoms with E-state index in [1.807, 2.05) is 6.07 Å². The Bertz CT molecular complexity index is 233. The maximum atomic E-state index is 11.0. The van der Waals surface area contributed by atoms with E-state index in [4.69, 9.17) is 4.18 Å². The molecule has 0 bridgehead atoms. The van der Waals surface area contributed by atoms with E-state index in [0.717, 1.165) is 12.0 Å². The van der Waals surface area contributed by atoms with Gasteiger partial charge in [-0.1, -0.05) is 18.2 Å². The van der Waals surface area contributed by atoms with E-state index in [1.165, 1.54) is 0 Å². The van der Waals surface area contributed by atoms with Crippen LogP contribution in [0.4, 0.5) is 0 Å². The minimum atomic E-state index is -0.293. The number of hydrogen-bond acceptors (Lipinski definition) is 3. The predicted molar refractivity (Wildman–Crippen MR) is 45.4 cm³/mol. The molecular weight excluding hydrogens is 160 g/mol. The molecule has 0 amide bonds. The van der Waals surface area contributed by atoms with E-state index in [-0.39, 0.29) is 5.97 Å². The summed E-state index contributed by atoms with van der Waals surface area (Å²) in [6, 6.07) is 8.90. The summed E-state index contributed by atoms with van der Waals surface area (Å²) in [7, 11) is 0. The van der Waals surface area contributed by atoms with Gasteiger partial charge in [-0.2, -0.15) is 0 Å². The summed E-state index contributed by atoms with van der Waals surface area (Å²) in [6.07, 6.45) is 1.71. The highest BCUT2D eigenvalue weighted by Gasteiger charge is 2.03. The van der Waals surface area contributed by atoms with Crippen molar-refractivity contribution in [3.05, 3.63) is 35.9 Å². The first-order valence-corrected chi connectivity index (χ1v) is 4.29. The SMILES string of the molecule is CSOC(=O)c1ccccc1. The van der Waals surface area contributed by atoms with E-state index in [2.05, 4.69) is 0 Å². The van der Waals surface area contributed by atoms with E-state index in [9.17, 15) is 4.79 Å². The van der Waals surface area contributed by atoms with Crippen molar-refractivity contribution in [2.75, 3.05) is 6.26 Å². The van der Waals surface area contributed by atoms with Gasteiger partial charge in [0.15, 0.2) is 0 Å². The molecule has 1 rings (SSSR count). The summed E-state index contributed by atoms with van der Waals surface area (Å²) >= 11 is 1.06. The number of rotatable bonds is 2. The van der Waals surface area contributed by atoms with Crippen LogP contribution in [0.5, 0.6) is 0 Å². The van der Waals surface area contributed by atoms with Crippen molar-refractivity contribution in [2.24, 2.45) is 0 Å². The first-order chi connectivity index (χ1) is 5.34.